The number of unbranched alkanes of at least 4 members (excludes halogenated alkanes) is 1. The van der Waals surface area contributed by atoms with Crippen LogP contribution in [-0.2, 0) is 9.53 Å². The van der Waals surface area contributed by atoms with Crippen molar-refractivity contribution < 1.29 is 13.9 Å². The van der Waals surface area contributed by atoms with E-state index in [0.717, 1.165) is 25.9 Å². The minimum Gasteiger partial charge on any atom is -0.466 e. The molecule has 4 nitrogen and oxygen atoms in total. The van der Waals surface area contributed by atoms with Gasteiger partial charge in [-0.25, -0.2) is 4.39 Å². The van der Waals surface area contributed by atoms with E-state index in [4.69, 9.17) is 16.3 Å². The number of nitrogens with zero attached hydrogens (tertiary/aromatic N) is 2. The second-order valence-electron chi connectivity index (χ2n) is 5.76. The lowest BCUT2D eigenvalue weighted by Crippen LogP contribution is -2.46. The first-order valence-corrected chi connectivity index (χ1v) is 8.87. The predicted molar refractivity (Wildman–Crippen MR) is 96.4 cm³/mol. The fourth-order valence-electron chi connectivity index (χ4n) is 2.48. The van der Waals surface area contributed by atoms with Crippen LogP contribution in [0.1, 0.15) is 33.1 Å². The molecule has 1 aliphatic rings. The van der Waals surface area contributed by atoms with Gasteiger partial charge in [-0.05, 0) is 19.4 Å². The maximum Gasteiger partial charge on any atom is 0.307 e. The molecule has 1 aliphatic heterocycles. The zero-order chi connectivity index (χ0) is 17.9. The molecule has 1 fully saturated rings. The minimum absolute atomic E-state index is 0.0830. The Hall–Kier alpha value is -1.33. The average Bonchev–Trinajstić information content (AvgIpc) is 2.58. The third-order valence-corrected chi connectivity index (χ3v) is 4.06. The number of hydrogen-bond donors (Lipinski definition) is 0. The summed E-state index contributed by atoms with van der Waals surface area (Å²) in [6, 6.07) is 0. The van der Waals surface area contributed by atoms with E-state index in [1.807, 2.05) is 11.8 Å². The van der Waals surface area contributed by atoms with Gasteiger partial charge in [0.25, 0.3) is 0 Å². The molecule has 0 aromatic rings. The van der Waals surface area contributed by atoms with Gasteiger partial charge in [-0.2, -0.15) is 0 Å². The van der Waals surface area contributed by atoms with Crippen LogP contribution < -0.4 is 0 Å². The lowest BCUT2D eigenvalue weighted by molar-refractivity contribution is -0.144. The topological polar surface area (TPSA) is 32.8 Å². The van der Waals surface area contributed by atoms with E-state index in [1.165, 1.54) is 0 Å². The van der Waals surface area contributed by atoms with Crippen LogP contribution in [-0.4, -0.2) is 55.1 Å². The molecule has 0 radical (unpaired) electrons. The Labute approximate surface area is 149 Å². The van der Waals surface area contributed by atoms with Crippen molar-refractivity contribution in [3.63, 3.8) is 0 Å². The van der Waals surface area contributed by atoms with Gasteiger partial charge in [0.05, 0.1) is 23.8 Å². The van der Waals surface area contributed by atoms with Gasteiger partial charge < -0.3 is 9.64 Å². The van der Waals surface area contributed by atoms with Gasteiger partial charge in [0.1, 0.15) is 0 Å². The number of ether oxygens (including phenoxy) is 1. The van der Waals surface area contributed by atoms with E-state index in [1.54, 1.807) is 12.2 Å². The third-order valence-electron chi connectivity index (χ3n) is 3.89. The molecule has 1 saturated heterocycles. The van der Waals surface area contributed by atoms with Gasteiger partial charge in [-0.15, -0.1) is 0 Å². The molecule has 0 N–H and O–H groups in total. The van der Waals surface area contributed by atoms with Crippen LogP contribution in [0.3, 0.4) is 0 Å². The first-order valence-electron chi connectivity index (χ1n) is 8.49. The molecule has 0 aliphatic carbocycles. The van der Waals surface area contributed by atoms with E-state index < -0.39 is 5.83 Å². The molecule has 0 bridgehead atoms. The van der Waals surface area contributed by atoms with Crippen molar-refractivity contribution in [3.8, 4) is 0 Å². The van der Waals surface area contributed by atoms with Crippen LogP contribution in [0.4, 0.5) is 4.39 Å². The highest BCUT2D eigenvalue weighted by atomic mass is 35.5. The molecule has 136 valence electrons. The van der Waals surface area contributed by atoms with Gasteiger partial charge in [-0.3, -0.25) is 9.69 Å². The highest BCUT2D eigenvalue weighted by Gasteiger charge is 2.21. The van der Waals surface area contributed by atoms with Crippen molar-refractivity contribution in [2.75, 3.05) is 39.3 Å². The van der Waals surface area contributed by atoms with Gasteiger partial charge in [0, 0.05) is 32.7 Å². The second kappa shape index (κ2) is 11.3. The largest absolute Gasteiger partial charge is 0.466 e. The van der Waals surface area contributed by atoms with Crippen LogP contribution in [0.5, 0.6) is 0 Å². The Morgan fingerprint density at radius 2 is 2.00 bits per heavy atom. The van der Waals surface area contributed by atoms with E-state index >= 15 is 0 Å². The maximum atomic E-state index is 14.1. The van der Waals surface area contributed by atoms with Gasteiger partial charge in [0.15, 0.2) is 5.83 Å². The quantitative estimate of drug-likeness (QED) is 0.356. The summed E-state index contributed by atoms with van der Waals surface area (Å²) in [5.74, 6) is -0.632. The first kappa shape index (κ1) is 20.7. The summed E-state index contributed by atoms with van der Waals surface area (Å²) >= 11 is 5.69. The lowest BCUT2D eigenvalue weighted by Gasteiger charge is -2.36. The molecule has 0 atom stereocenters. The number of allylic oxidation sites excluding steroid dienone is 4. The van der Waals surface area contributed by atoms with Crippen LogP contribution >= 0.6 is 11.6 Å². The van der Waals surface area contributed by atoms with Crippen molar-refractivity contribution in [2.24, 2.45) is 0 Å². The number of piperazine rings is 1. The smallest absolute Gasteiger partial charge is 0.307 e. The van der Waals surface area contributed by atoms with Gasteiger partial charge >= 0.3 is 5.97 Å². The molecule has 0 spiro atoms. The van der Waals surface area contributed by atoms with Crippen LogP contribution in [0, 0.1) is 0 Å². The number of halogens is 2. The molecule has 0 aromatic carbocycles. The zero-order valence-electron chi connectivity index (χ0n) is 14.7. The van der Waals surface area contributed by atoms with Crippen LogP contribution in [0.15, 0.2) is 35.3 Å². The molecule has 1 rings (SSSR count). The van der Waals surface area contributed by atoms with Crippen LogP contribution in [0.25, 0.3) is 0 Å². The van der Waals surface area contributed by atoms with E-state index in [-0.39, 0.29) is 11.0 Å². The number of carbonyl (C=O) groups is 1. The molecule has 6 heteroatoms. The Morgan fingerprint density at radius 1 is 1.33 bits per heavy atom. The highest BCUT2D eigenvalue weighted by molar-refractivity contribution is 6.31. The van der Waals surface area contributed by atoms with Crippen molar-refractivity contribution in [1.29, 1.82) is 0 Å². The number of esters is 1. The number of hydrogen-bond acceptors (Lipinski definition) is 4. The predicted octanol–water partition coefficient (Wildman–Crippen LogP) is 3.85. The molecule has 0 unspecified atom stereocenters. The van der Waals surface area contributed by atoms with Crippen molar-refractivity contribution in [3.05, 3.63) is 35.3 Å². The third kappa shape index (κ3) is 7.05. The Morgan fingerprint density at radius 3 is 2.54 bits per heavy atom. The lowest BCUT2D eigenvalue weighted by atomic mass is 10.2. The molecule has 24 heavy (non-hydrogen) atoms. The Kier molecular flexibility index (Phi) is 9.72. The summed E-state index contributed by atoms with van der Waals surface area (Å²) in [7, 11) is 0. The molecule has 0 saturated carbocycles. The Balaban J connectivity index is 2.44. The van der Waals surface area contributed by atoms with E-state index in [9.17, 15) is 9.18 Å². The normalized spacial score (nSPS) is 17.1. The standard InChI is InChI=1S/C18H28ClFN2O2/c1-4-6-14-24-17(23)8-9-21-10-12-22(13-11-21)16(7-5-2)18(20)15(3)19/h5,7H,3-4,6,8-14H2,1-2H3/b7-5-,18-16-. The minimum atomic E-state index is -0.484. The molecular formula is C18H28ClFN2O2. The van der Waals surface area contributed by atoms with Gasteiger partial charge in [-0.1, -0.05) is 37.6 Å². The van der Waals surface area contributed by atoms with E-state index in [2.05, 4.69) is 18.4 Å². The summed E-state index contributed by atoms with van der Waals surface area (Å²) in [6.45, 7) is 11.4. The second-order valence-corrected chi connectivity index (χ2v) is 6.21. The monoisotopic (exact) mass is 358 g/mol. The first-order chi connectivity index (χ1) is 11.5. The number of carbonyl (C=O) groups excluding carboxylic acids is 1. The fourth-order valence-corrected chi connectivity index (χ4v) is 2.58. The zero-order valence-corrected chi connectivity index (χ0v) is 15.4. The molecule has 1 heterocycles. The fraction of sp³-hybridized carbons (Fsp3) is 0.611. The summed E-state index contributed by atoms with van der Waals surface area (Å²) < 4.78 is 19.3. The molecule has 0 aromatic heterocycles. The summed E-state index contributed by atoms with van der Waals surface area (Å²) in [5, 5.41) is -0.0830. The maximum absolute atomic E-state index is 14.1. The van der Waals surface area contributed by atoms with Crippen molar-refractivity contribution in [1.82, 2.24) is 9.80 Å². The number of rotatable bonds is 9. The molecule has 0 amide bonds. The molecular weight excluding hydrogens is 331 g/mol. The SMILES string of the molecule is C=C(Cl)/C(F)=C(\C=C/C)N1CCN(CCC(=O)OCCCC)CC1. The Bertz CT molecular complexity index is 483. The van der Waals surface area contributed by atoms with Gasteiger partial charge in [0.2, 0.25) is 0 Å². The average molecular weight is 359 g/mol. The summed E-state index contributed by atoms with van der Waals surface area (Å²) in [6.07, 6.45) is 5.82. The summed E-state index contributed by atoms with van der Waals surface area (Å²) in [4.78, 5) is 15.8. The van der Waals surface area contributed by atoms with Crippen molar-refractivity contribution >= 4 is 17.6 Å². The van der Waals surface area contributed by atoms with Crippen LogP contribution in [0.2, 0.25) is 0 Å². The van der Waals surface area contributed by atoms with E-state index in [0.29, 0.717) is 38.4 Å². The summed E-state index contributed by atoms with van der Waals surface area (Å²) in [5.41, 5.74) is 0.469. The highest BCUT2D eigenvalue weighted by Crippen LogP contribution is 2.23. The van der Waals surface area contributed by atoms with Crippen molar-refractivity contribution in [2.45, 2.75) is 33.1 Å².